The van der Waals surface area contributed by atoms with Crippen LogP contribution >= 0.6 is 11.8 Å². The van der Waals surface area contributed by atoms with E-state index in [1.54, 1.807) is 11.8 Å². The van der Waals surface area contributed by atoms with Gasteiger partial charge in [-0.2, -0.15) is 0 Å². The van der Waals surface area contributed by atoms with Crippen LogP contribution in [0.4, 0.5) is 4.79 Å². The zero-order valence-corrected chi connectivity index (χ0v) is 17.3. The van der Waals surface area contributed by atoms with Gasteiger partial charge in [0.15, 0.2) is 0 Å². The molecule has 27 heavy (non-hydrogen) atoms. The number of amides is 2. The zero-order chi connectivity index (χ0) is 19.8. The van der Waals surface area contributed by atoms with Gasteiger partial charge in [-0.3, -0.25) is 9.69 Å². The number of likely N-dealkylation sites (tertiary alicyclic amines) is 1. The highest BCUT2D eigenvalue weighted by atomic mass is 32.2. The summed E-state index contributed by atoms with van der Waals surface area (Å²) in [5.74, 6) is 0.233. The molecular formula is C20H31N3O3S. The molecule has 1 saturated heterocycles. The Labute approximate surface area is 166 Å². The summed E-state index contributed by atoms with van der Waals surface area (Å²) in [7, 11) is 1.84. The minimum Gasteiger partial charge on any atom is -0.480 e. The van der Waals surface area contributed by atoms with Crippen LogP contribution in [-0.4, -0.2) is 65.4 Å². The topological polar surface area (TPSA) is 72.9 Å². The molecule has 0 bridgehead atoms. The van der Waals surface area contributed by atoms with Crippen molar-refractivity contribution in [3.05, 3.63) is 29.8 Å². The van der Waals surface area contributed by atoms with Crippen LogP contribution in [0.3, 0.4) is 0 Å². The minimum atomic E-state index is -0.812. The third-order valence-electron chi connectivity index (χ3n) is 5.02. The third-order valence-corrected chi connectivity index (χ3v) is 5.92. The van der Waals surface area contributed by atoms with Gasteiger partial charge in [-0.25, -0.2) is 4.79 Å². The van der Waals surface area contributed by atoms with Crippen molar-refractivity contribution in [2.45, 2.75) is 50.1 Å². The maximum Gasteiger partial charge on any atom is 0.317 e. The lowest BCUT2D eigenvalue weighted by molar-refractivity contribution is -0.138. The number of hydrogen-bond donors (Lipinski definition) is 2. The number of rotatable bonds is 7. The molecule has 7 heteroatoms. The molecule has 1 aliphatic rings. The molecule has 0 saturated carbocycles. The first-order valence-corrected chi connectivity index (χ1v) is 10.6. The van der Waals surface area contributed by atoms with Crippen molar-refractivity contribution in [3.63, 3.8) is 0 Å². The number of carboxylic acids is 1. The standard InChI is InChI=1S/C20H31N3O3S/c1-4-27-18-9-7-16(8-10-18)15(2)21-20(26)23-12-5-6-17(11-13-23)22(3)14-19(24)25/h7-10,15,17H,4-6,11-14H2,1-3H3,(H,21,26)(H,24,25). The number of benzene rings is 1. The van der Waals surface area contributed by atoms with Gasteiger partial charge in [-0.15, -0.1) is 11.8 Å². The molecule has 2 atom stereocenters. The second-order valence-electron chi connectivity index (χ2n) is 7.05. The Morgan fingerprint density at radius 1 is 1.30 bits per heavy atom. The lowest BCUT2D eigenvalue weighted by Gasteiger charge is -2.26. The summed E-state index contributed by atoms with van der Waals surface area (Å²) in [4.78, 5) is 28.5. The van der Waals surface area contributed by atoms with E-state index in [2.05, 4.69) is 36.5 Å². The van der Waals surface area contributed by atoms with Crippen LogP contribution in [0, 0.1) is 0 Å². The van der Waals surface area contributed by atoms with Gasteiger partial charge in [0.2, 0.25) is 0 Å². The molecule has 0 aromatic heterocycles. The molecule has 2 N–H and O–H groups in total. The number of carbonyl (C=O) groups excluding carboxylic acids is 1. The molecule has 1 aliphatic heterocycles. The Morgan fingerprint density at radius 3 is 2.63 bits per heavy atom. The quantitative estimate of drug-likeness (QED) is 0.694. The van der Waals surface area contributed by atoms with Crippen molar-refractivity contribution in [1.29, 1.82) is 0 Å². The summed E-state index contributed by atoms with van der Waals surface area (Å²) in [6, 6.07) is 8.45. The average molecular weight is 394 g/mol. The van der Waals surface area contributed by atoms with E-state index < -0.39 is 5.97 Å². The maximum absolute atomic E-state index is 12.7. The number of thioether (sulfide) groups is 1. The number of likely N-dealkylation sites (N-methyl/N-ethyl adjacent to an activating group) is 1. The molecule has 1 heterocycles. The molecule has 150 valence electrons. The Hall–Kier alpha value is -1.73. The summed E-state index contributed by atoms with van der Waals surface area (Å²) >= 11 is 1.80. The van der Waals surface area contributed by atoms with E-state index in [1.807, 2.05) is 23.8 Å². The van der Waals surface area contributed by atoms with Gasteiger partial charge in [0, 0.05) is 24.0 Å². The lowest BCUT2D eigenvalue weighted by atomic mass is 10.1. The van der Waals surface area contributed by atoms with Crippen molar-refractivity contribution in [2.75, 3.05) is 32.4 Å². The molecule has 2 unspecified atom stereocenters. The predicted molar refractivity (Wildman–Crippen MR) is 109 cm³/mol. The number of hydrogen-bond acceptors (Lipinski definition) is 4. The Morgan fingerprint density at radius 2 is 2.00 bits per heavy atom. The Kier molecular flexibility index (Phi) is 8.44. The van der Waals surface area contributed by atoms with Crippen molar-refractivity contribution in [3.8, 4) is 0 Å². The molecule has 0 aliphatic carbocycles. The van der Waals surface area contributed by atoms with E-state index in [-0.39, 0.29) is 24.7 Å². The fourth-order valence-corrected chi connectivity index (χ4v) is 4.11. The smallest absolute Gasteiger partial charge is 0.317 e. The highest BCUT2D eigenvalue weighted by molar-refractivity contribution is 7.99. The van der Waals surface area contributed by atoms with Gasteiger partial charge in [0.25, 0.3) is 0 Å². The van der Waals surface area contributed by atoms with Gasteiger partial charge in [0.1, 0.15) is 0 Å². The van der Waals surface area contributed by atoms with Gasteiger partial charge < -0.3 is 15.3 Å². The number of aliphatic carboxylic acids is 1. The van der Waals surface area contributed by atoms with Gasteiger partial charge in [-0.05, 0) is 56.7 Å². The van der Waals surface area contributed by atoms with E-state index >= 15 is 0 Å². The summed E-state index contributed by atoms with van der Waals surface area (Å²) in [6.07, 6.45) is 2.60. The van der Waals surface area contributed by atoms with Crippen LogP contribution in [0.2, 0.25) is 0 Å². The van der Waals surface area contributed by atoms with Gasteiger partial charge >= 0.3 is 12.0 Å². The molecule has 6 nitrogen and oxygen atoms in total. The van der Waals surface area contributed by atoms with Crippen LogP contribution in [0.15, 0.2) is 29.2 Å². The molecular weight excluding hydrogens is 362 g/mol. The van der Waals surface area contributed by atoms with Crippen molar-refractivity contribution in [1.82, 2.24) is 15.1 Å². The highest BCUT2D eigenvalue weighted by Gasteiger charge is 2.24. The summed E-state index contributed by atoms with van der Waals surface area (Å²) in [6.45, 7) is 5.54. The Balaban J connectivity index is 1.87. The molecule has 1 aromatic rings. The first-order valence-electron chi connectivity index (χ1n) is 9.61. The van der Waals surface area contributed by atoms with Gasteiger partial charge in [-0.1, -0.05) is 19.1 Å². The monoisotopic (exact) mass is 393 g/mol. The minimum absolute atomic E-state index is 0.0419. The fraction of sp³-hybridized carbons (Fsp3) is 0.600. The predicted octanol–water partition coefficient (Wildman–Crippen LogP) is 3.44. The SMILES string of the molecule is CCSc1ccc(C(C)NC(=O)N2CCCC(N(C)CC(=O)O)CC2)cc1. The molecule has 0 radical (unpaired) electrons. The highest BCUT2D eigenvalue weighted by Crippen LogP contribution is 2.21. The normalized spacial score (nSPS) is 18.8. The van der Waals surface area contributed by atoms with Crippen molar-refractivity contribution < 1.29 is 14.7 Å². The van der Waals surface area contributed by atoms with Crippen LogP contribution in [-0.2, 0) is 4.79 Å². The molecule has 2 rings (SSSR count). The zero-order valence-electron chi connectivity index (χ0n) is 16.5. The molecule has 1 aromatic carbocycles. The second kappa shape index (κ2) is 10.6. The summed E-state index contributed by atoms with van der Waals surface area (Å²) < 4.78 is 0. The number of carbonyl (C=O) groups is 2. The number of nitrogens with zero attached hydrogens (tertiary/aromatic N) is 2. The number of nitrogens with one attached hydrogen (secondary N) is 1. The maximum atomic E-state index is 12.7. The molecule has 0 spiro atoms. The summed E-state index contributed by atoms with van der Waals surface area (Å²) in [5.41, 5.74) is 1.10. The van der Waals surface area contributed by atoms with E-state index in [9.17, 15) is 9.59 Å². The third kappa shape index (κ3) is 6.74. The largest absolute Gasteiger partial charge is 0.480 e. The first kappa shape index (κ1) is 21.6. The van der Waals surface area contributed by atoms with E-state index in [4.69, 9.17) is 5.11 Å². The Bertz CT molecular complexity index is 623. The van der Waals surface area contributed by atoms with Crippen LogP contribution in [0.1, 0.15) is 44.7 Å². The lowest BCUT2D eigenvalue weighted by Crippen LogP contribution is -2.42. The fourth-order valence-electron chi connectivity index (χ4n) is 3.44. The van der Waals surface area contributed by atoms with E-state index in [0.29, 0.717) is 13.1 Å². The van der Waals surface area contributed by atoms with E-state index in [1.165, 1.54) is 4.90 Å². The van der Waals surface area contributed by atoms with Crippen molar-refractivity contribution in [2.24, 2.45) is 0 Å². The molecule has 1 fully saturated rings. The van der Waals surface area contributed by atoms with Gasteiger partial charge in [0.05, 0.1) is 12.6 Å². The number of urea groups is 1. The van der Waals surface area contributed by atoms with Crippen LogP contribution in [0.25, 0.3) is 0 Å². The summed E-state index contributed by atoms with van der Waals surface area (Å²) in [5, 5.41) is 12.1. The van der Waals surface area contributed by atoms with Crippen LogP contribution in [0.5, 0.6) is 0 Å². The molecule has 2 amide bonds. The first-order chi connectivity index (χ1) is 12.9. The van der Waals surface area contributed by atoms with Crippen LogP contribution < -0.4 is 5.32 Å². The number of carboxylic acid groups (broad SMARTS) is 1. The second-order valence-corrected chi connectivity index (χ2v) is 8.39. The van der Waals surface area contributed by atoms with Crippen molar-refractivity contribution >= 4 is 23.8 Å². The average Bonchev–Trinajstić information content (AvgIpc) is 2.88. The van der Waals surface area contributed by atoms with E-state index in [0.717, 1.165) is 30.6 Å².